The predicted octanol–water partition coefficient (Wildman–Crippen LogP) is 2.09. The first-order chi connectivity index (χ1) is 6.69. The first kappa shape index (κ1) is 12.0. The number of nitrogens with zero attached hydrogens (tertiary/aromatic N) is 1. The quantitative estimate of drug-likeness (QED) is 0.679. The molecule has 0 amide bonds. The Morgan fingerprint density at radius 3 is 2.36 bits per heavy atom. The van der Waals surface area contributed by atoms with E-state index < -0.39 is 0 Å². The fourth-order valence-electron chi connectivity index (χ4n) is 2.15. The van der Waals surface area contributed by atoms with Crippen LogP contribution in [0.5, 0.6) is 0 Å². The maximum absolute atomic E-state index is 5.86. The van der Waals surface area contributed by atoms with E-state index in [-0.39, 0.29) is 0 Å². The SMILES string of the molecule is CCCN(CC1CC1)C(CN)C(C)C. The molecule has 0 aromatic carbocycles. The topological polar surface area (TPSA) is 29.3 Å². The third kappa shape index (κ3) is 3.58. The minimum absolute atomic E-state index is 0.593. The van der Waals surface area contributed by atoms with Crippen LogP contribution < -0.4 is 5.73 Å². The van der Waals surface area contributed by atoms with Crippen LogP contribution in [0.1, 0.15) is 40.0 Å². The molecule has 1 aliphatic carbocycles. The average Bonchev–Trinajstić information content (AvgIpc) is 2.89. The van der Waals surface area contributed by atoms with Crippen molar-refractivity contribution in [1.29, 1.82) is 0 Å². The second kappa shape index (κ2) is 5.72. The summed E-state index contributed by atoms with van der Waals surface area (Å²) in [7, 11) is 0. The van der Waals surface area contributed by atoms with Gasteiger partial charge in [0.1, 0.15) is 0 Å². The fourth-order valence-corrected chi connectivity index (χ4v) is 2.15. The normalized spacial score (nSPS) is 19.3. The Balaban J connectivity index is 2.43. The van der Waals surface area contributed by atoms with Crippen molar-refractivity contribution in [2.45, 2.75) is 46.1 Å². The van der Waals surface area contributed by atoms with Crippen LogP contribution in [0.25, 0.3) is 0 Å². The number of rotatable bonds is 7. The van der Waals surface area contributed by atoms with Crippen molar-refractivity contribution in [2.24, 2.45) is 17.6 Å². The molecule has 0 radical (unpaired) electrons. The smallest absolute Gasteiger partial charge is 0.0241 e. The monoisotopic (exact) mass is 198 g/mol. The average molecular weight is 198 g/mol. The van der Waals surface area contributed by atoms with Crippen molar-refractivity contribution >= 4 is 0 Å². The summed E-state index contributed by atoms with van der Waals surface area (Å²) in [5.74, 6) is 1.67. The minimum atomic E-state index is 0.593. The highest BCUT2D eigenvalue weighted by molar-refractivity contribution is 4.82. The third-order valence-corrected chi connectivity index (χ3v) is 3.18. The van der Waals surface area contributed by atoms with Crippen molar-refractivity contribution in [2.75, 3.05) is 19.6 Å². The lowest BCUT2D eigenvalue weighted by molar-refractivity contribution is 0.153. The largest absolute Gasteiger partial charge is 0.329 e. The molecule has 0 heterocycles. The molecule has 0 bridgehead atoms. The molecule has 1 unspecified atom stereocenters. The van der Waals surface area contributed by atoms with E-state index in [0.29, 0.717) is 12.0 Å². The molecule has 1 aliphatic rings. The summed E-state index contributed by atoms with van der Waals surface area (Å²) in [6.07, 6.45) is 4.13. The van der Waals surface area contributed by atoms with Crippen LogP contribution in [0.3, 0.4) is 0 Å². The van der Waals surface area contributed by atoms with Gasteiger partial charge in [0.05, 0.1) is 0 Å². The molecule has 0 spiro atoms. The third-order valence-electron chi connectivity index (χ3n) is 3.18. The van der Waals surface area contributed by atoms with Crippen molar-refractivity contribution in [3.05, 3.63) is 0 Å². The zero-order chi connectivity index (χ0) is 10.6. The van der Waals surface area contributed by atoms with Gasteiger partial charge in [-0.05, 0) is 37.6 Å². The predicted molar refractivity (Wildman–Crippen MR) is 62.3 cm³/mol. The summed E-state index contributed by atoms with van der Waals surface area (Å²) in [5.41, 5.74) is 5.86. The molecular weight excluding hydrogens is 172 g/mol. The van der Waals surface area contributed by atoms with Crippen LogP contribution in [0, 0.1) is 11.8 Å². The number of nitrogens with two attached hydrogens (primary N) is 1. The zero-order valence-corrected chi connectivity index (χ0v) is 10.00. The minimum Gasteiger partial charge on any atom is -0.329 e. The van der Waals surface area contributed by atoms with E-state index in [2.05, 4.69) is 25.7 Å². The van der Waals surface area contributed by atoms with Crippen LogP contribution in [0.15, 0.2) is 0 Å². The molecule has 1 atom stereocenters. The lowest BCUT2D eigenvalue weighted by Crippen LogP contribution is -2.45. The van der Waals surface area contributed by atoms with Gasteiger partial charge in [-0.15, -0.1) is 0 Å². The summed E-state index contributed by atoms with van der Waals surface area (Å²) in [5, 5.41) is 0. The zero-order valence-electron chi connectivity index (χ0n) is 10.00. The van der Waals surface area contributed by atoms with Crippen molar-refractivity contribution in [1.82, 2.24) is 4.90 Å². The van der Waals surface area contributed by atoms with Gasteiger partial charge in [0.15, 0.2) is 0 Å². The van der Waals surface area contributed by atoms with Crippen LogP contribution in [-0.4, -0.2) is 30.6 Å². The van der Waals surface area contributed by atoms with Crippen molar-refractivity contribution < 1.29 is 0 Å². The van der Waals surface area contributed by atoms with Gasteiger partial charge in [-0.3, -0.25) is 4.90 Å². The molecular formula is C12H26N2. The Hall–Kier alpha value is -0.0800. The van der Waals surface area contributed by atoms with Gasteiger partial charge in [-0.2, -0.15) is 0 Å². The van der Waals surface area contributed by atoms with E-state index >= 15 is 0 Å². The molecule has 0 saturated heterocycles. The second-order valence-electron chi connectivity index (χ2n) is 4.99. The second-order valence-corrected chi connectivity index (χ2v) is 4.99. The maximum atomic E-state index is 5.86. The molecule has 0 aliphatic heterocycles. The molecule has 1 fully saturated rings. The first-order valence-corrected chi connectivity index (χ1v) is 6.13. The van der Waals surface area contributed by atoms with Crippen LogP contribution in [0.2, 0.25) is 0 Å². The Labute approximate surface area is 88.8 Å². The van der Waals surface area contributed by atoms with Crippen LogP contribution in [0.4, 0.5) is 0 Å². The van der Waals surface area contributed by atoms with E-state index in [1.807, 2.05) is 0 Å². The van der Waals surface area contributed by atoms with Gasteiger partial charge in [-0.25, -0.2) is 0 Å². The molecule has 1 saturated carbocycles. The van der Waals surface area contributed by atoms with Crippen LogP contribution in [-0.2, 0) is 0 Å². The van der Waals surface area contributed by atoms with Gasteiger partial charge in [0.2, 0.25) is 0 Å². The molecule has 2 heteroatoms. The van der Waals surface area contributed by atoms with Crippen LogP contribution >= 0.6 is 0 Å². The Morgan fingerprint density at radius 1 is 1.36 bits per heavy atom. The van der Waals surface area contributed by atoms with Gasteiger partial charge >= 0.3 is 0 Å². The molecule has 14 heavy (non-hydrogen) atoms. The Morgan fingerprint density at radius 2 is 2.00 bits per heavy atom. The van der Waals surface area contributed by atoms with E-state index in [9.17, 15) is 0 Å². The first-order valence-electron chi connectivity index (χ1n) is 6.13. The summed E-state index contributed by atoms with van der Waals surface area (Å²) in [6, 6.07) is 0.593. The highest BCUT2D eigenvalue weighted by atomic mass is 15.2. The van der Waals surface area contributed by atoms with E-state index in [0.717, 1.165) is 12.5 Å². The van der Waals surface area contributed by atoms with E-state index in [4.69, 9.17) is 5.73 Å². The fraction of sp³-hybridized carbons (Fsp3) is 1.00. The summed E-state index contributed by atoms with van der Waals surface area (Å²) >= 11 is 0. The Bertz CT molecular complexity index is 152. The lowest BCUT2D eigenvalue weighted by Gasteiger charge is -2.33. The Kier molecular flexibility index (Phi) is 4.90. The van der Waals surface area contributed by atoms with E-state index in [1.54, 1.807) is 0 Å². The molecule has 1 rings (SSSR count). The van der Waals surface area contributed by atoms with Gasteiger partial charge in [0, 0.05) is 19.1 Å². The highest BCUT2D eigenvalue weighted by Gasteiger charge is 2.28. The van der Waals surface area contributed by atoms with Gasteiger partial charge < -0.3 is 5.73 Å². The van der Waals surface area contributed by atoms with Gasteiger partial charge in [0.25, 0.3) is 0 Å². The highest BCUT2D eigenvalue weighted by Crippen LogP contribution is 2.30. The standard InChI is InChI=1S/C12H26N2/c1-4-7-14(9-11-5-6-11)12(8-13)10(2)3/h10-12H,4-9,13H2,1-3H3. The lowest BCUT2D eigenvalue weighted by atomic mass is 10.0. The summed E-state index contributed by atoms with van der Waals surface area (Å²) < 4.78 is 0. The summed E-state index contributed by atoms with van der Waals surface area (Å²) in [4.78, 5) is 2.61. The molecule has 84 valence electrons. The molecule has 0 aromatic rings. The van der Waals surface area contributed by atoms with Crippen molar-refractivity contribution in [3.8, 4) is 0 Å². The maximum Gasteiger partial charge on any atom is 0.0241 e. The summed E-state index contributed by atoms with van der Waals surface area (Å²) in [6.45, 7) is 10.1. The van der Waals surface area contributed by atoms with E-state index in [1.165, 1.54) is 32.4 Å². The molecule has 0 aromatic heterocycles. The molecule has 2 nitrogen and oxygen atoms in total. The van der Waals surface area contributed by atoms with Crippen molar-refractivity contribution in [3.63, 3.8) is 0 Å². The van der Waals surface area contributed by atoms with Gasteiger partial charge in [-0.1, -0.05) is 20.8 Å². The number of hydrogen-bond acceptors (Lipinski definition) is 2. The number of hydrogen-bond donors (Lipinski definition) is 1. The molecule has 2 N–H and O–H groups in total.